The van der Waals surface area contributed by atoms with Crippen molar-refractivity contribution < 1.29 is 14.3 Å². The first-order valence-corrected chi connectivity index (χ1v) is 9.58. The maximum absolute atomic E-state index is 12.2. The Balaban J connectivity index is 2.14. The molecule has 6 nitrogen and oxygen atoms in total. The number of nitrogens with two attached hydrogens (primary N) is 1. The highest BCUT2D eigenvalue weighted by molar-refractivity contribution is 6.30. The topological polar surface area (TPSA) is 105 Å². The summed E-state index contributed by atoms with van der Waals surface area (Å²) in [7, 11) is 0. The number of hydrogen-bond acceptors (Lipinski definition) is 5. The van der Waals surface area contributed by atoms with Crippen LogP contribution in [0.4, 0.5) is 0 Å². The maximum atomic E-state index is 12.2. The maximum Gasteiger partial charge on any atom is 0.307 e. The normalized spacial score (nSPS) is 12.1. The average molecular weight is 414 g/mol. The van der Waals surface area contributed by atoms with Crippen LogP contribution in [0, 0.1) is 5.41 Å². The van der Waals surface area contributed by atoms with Crippen molar-refractivity contribution in [2.45, 2.75) is 25.8 Å². The van der Waals surface area contributed by atoms with Gasteiger partial charge in [-0.05, 0) is 48.2 Å². The number of nitrogens with one attached hydrogen (secondary N) is 2. The summed E-state index contributed by atoms with van der Waals surface area (Å²) < 4.78 is 5.00. The summed E-state index contributed by atoms with van der Waals surface area (Å²) in [6, 6.07) is 14.9. The lowest BCUT2D eigenvalue weighted by Crippen LogP contribution is -2.40. The molecule has 4 N–H and O–H groups in total. The summed E-state index contributed by atoms with van der Waals surface area (Å²) in [6.45, 7) is 1.99. The van der Waals surface area contributed by atoms with E-state index in [1.807, 2.05) is 48.5 Å². The molecular weight excluding hydrogens is 390 g/mol. The monoisotopic (exact) mass is 413 g/mol. The third-order valence-electron chi connectivity index (χ3n) is 4.17. The molecular formula is C22H24ClN3O3. The molecule has 0 heterocycles. The van der Waals surface area contributed by atoms with E-state index < -0.39 is 17.9 Å². The van der Waals surface area contributed by atoms with Crippen LogP contribution in [0.2, 0.25) is 5.02 Å². The fourth-order valence-electron chi connectivity index (χ4n) is 2.82. The van der Waals surface area contributed by atoms with E-state index >= 15 is 0 Å². The van der Waals surface area contributed by atoms with Gasteiger partial charge in [0.1, 0.15) is 0 Å². The van der Waals surface area contributed by atoms with Crippen LogP contribution in [0.1, 0.15) is 18.9 Å². The zero-order chi connectivity index (χ0) is 21.2. The fraction of sp³-hybridized carbons (Fsp3) is 0.227. The van der Waals surface area contributed by atoms with Crippen LogP contribution in [0.5, 0.6) is 0 Å². The predicted octanol–water partition coefficient (Wildman–Crippen LogP) is 3.48. The molecule has 1 atom stereocenters. The van der Waals surface area contributed by atoms with Gasteiger partial charge in [-0.25, -0.2) is 0 Å². The van der Waals surface area contributed by atoms with E-state index in [0.29, 0.717) is 11.4 Å². The smallest absolute Gasteiger partial charge is 0.307 e. The number of carbonyl (C=O) groups is 2. The van der Waals surface area contributed by atoms with Crippen molar-refractivity contribution in [3.05, 3.63) is 70.9 Å². The lowest BCUT2D eigenvalue weighted by molar-refractivity contribution is -0.143. The van der Waals surface area contributed by atoms with E-state index in [2.05, 4.69) is 5.32 Å². The minimum Gasteiger partial charge on any atom is -0.466 e. The molecule has 0 saturated heterocycles. The van der Waals surface area contributed by atoms with Crippen LogP contribution in [0.25, 0.3) is 11.1 Å². The largest absolute Gasteiger partial charge is 0.466 e. The molecule has 29 heavy (non-hydrogen) atoms. The van der Waals surface area contributed by atoms with Crippen LogP contribution < -0.4 is 11.1 Å². The average Bonchev–Trinajstić information content (AvgIpc) is 2.68. The number of allylic oxidation sites excluding steroid dienone is 1. The summed E-state index contributed by atoms with van der Waals surface area (Å²) in [5.41, 5.74) is 8.50. The molecule has 0 aliphatic rings. The third kappa shape index (κ3) is 7.08. The quantitative estimate of drug-likeness (QED) is 0.332. The summed E-state index contributed by atoms with van der Waals surface area (Å²) in [5, 5.41) is 10.4. The SMILES string of the molecule is CCOC(=O)C[C@@H](Cc1ccc(-c2cccc(Cl)c2)cc1)NC(=O)C(N)=CC=N. The number of hydrogen-bond donors (Lipinski definition) is 3. The Kier molecular flexibility index (Phi) is 8.43. The first-order chi connectivity index (χ1) is 13.9. The van der Waals surface area contributed by atoms with Crippen molar-refractivity contribution in [1.29, 1.82) is 5.41 Å². The molecule has 0 aromatic heterocycles. The first kappa shape index (κ1) is 22.2. The van der Waals surface area contributed by atoms with Crippen molar-refractivity contribution in [2.24, 2.45) is 5.73 Å². The molecule has 0 fully saturated rings. The van der Waals surface area contributed by atoms with E-state index in [0.717, 1.165) is 22.9 Å². The Bertz CT molecular complexity index is 894. The van der Waals surface area contributed by atoms with Gasteiger partial charge in [0.15, 0.2) is 0 Å². The Hall–Kier alpha value is -3.12. The molecule has 0 aliphatic carbocycles. The standard InChI is InChI=1S/C22H24ClN3O3/c1-2-29-21(27)14-19(26-22(28)20(25)10-11-24)12-15-6-8-16(9-7-15)17-4-3-5-18(23)13-17/h3-11,13,19,24H,2,12,14,25H2,1H3,(H,26,28)/t19-/m1/s1. The molecule has 0 radical (unpaired) electrons. The van der Waals surface area contributed by atoms with Gasteiger partial charge in [-0.3, -0.25) is 9.59 Å². The zero-order valence-electron chi connectivity index (χ0n) is 16.2. The molecule has 0 spiro atoms. The van der Waals surface area contributed by atoms with Crippen LogP contribution in [-0.4, -0.2) is 30.7 Å². The molecule has 2 aromatic rings. The molecule has 0 saturated carbocycles. The van der Waals surface area contributed by atoms with E-state index in [1.54, 1.807) is 6.92 Å². The van der Waals surface area contributed by atoms with Gasteiger partial charge in [-0.2, -0.15) is 0 Å². The van der Waals surface area contributed by atoms with Crippen molar-refractivity contribution in [1.82, 2.24) is 5.32 Å². The number of ether oxygens (including phenoxy) is 1. The van der Waals surface area contributed by atoms with E-state index in [4.69, 9.17) is 27.5 Å². The summed E-state index contributed by atoms with van der Waals surface area (Å²) in [5.74, 6) is -0.929. The van der Waals surface area contributed by atoms with E-state index in [1.165, 1.54) is 6.08 Å². The van der Waals surface area contributed by atoms with Gasteiger partial charge in [0.2, 0.25) is 0 Å². The Morgan fingerprint density at radius 1 is 1.21 bits per heavy atom. The highest BCUT2D eigenvalue weighted by Gasteiger charge is 2.19. The lowest BCUT2D eigenvalue weighted by atomic mass is 9.99. The highest BCUT2D eigenvalue weighted by Crippen LogP contribution is 2.23. The second-order valence-corrected chi connectivity index (χ2v) is 6.82. The predicted molar refractivity (Wildman–Crippen MR) is 115 cm³/mol. The summed E-state index contributed by atoms with van der Waals surface area (Å²) in [4.78, 5) is 24.1. The Morgan fingerprint density at radius 3 is 2.55 bits per heavy atom. The number of halogens is 1. The van der Waals surface area contributed by atoms with Crippen LogP contribution in [0.3, 0.4) is 0 Å². The number of carbonyl (C=O) groups excluding carboxylic acids is 2. The number of benzene rings is 2. The first-order valence-electron chi connectivity index (χ1n) is 9.20. The molecule has 7 heteroatoms. The Labute approximate surface area is 175 Å². The van der Waals surface area contributed by atoms with Gasteiger partial charge < -0.3 is 21.2 Å². The van der Waals surface area contributed by atoms with Gasteiger partial charge >= 0.3 is 5.97 Å². The van der Waals surface area contributed by atoms with Gasteiger partial charge in [0.25, 0.3) is 5.91 Å². The van der Waals surface area contributed by atoms with Gasteiger partial charge in [0, 0.05) is 17.3 Å². The second-order valence-electron chi connectivity index (χ2n) is 6.38. The Morgan fingerprint density at radius 2 is 1.93 bits per heavy atom. The van der Waals surface area contributed by atoms with E-state index in [9.17, 15) is 9.59 Å². The van der Waals surface area contributed by atoms with Crippen molar-refractivity contribution in [3.8, 4) is 11.1 Å². The molecule has 2 aromatic carbocycles. The summed E-state index contributed by atoms with van der Waals surface area (Å²) >= 11 is 6.05. The minimum atomic E-state index is -0.529. The van der Waals surface area contributed by atoms with Gasteiger partial charge in [0.05, 0.1) is 18.7 Å². The molecule has 0 unspecified atom stereocenters. The third-order valence-corrected chi connectivity index (χ3v) is 4.41. The van der Waals surface area contributed by atoms with Crippen LogP contribution >= 0.6 is 11.6 Å². The van der Waals surface area contributed by atoms with Gasteiger partial charge in [-0.15, -0.1) is 0 Å². The molecule has 1 amide bonds. The van der Waals surface area contributed by atoms with Gasteiger partial charge in [-0.1, -0.05) is 48.0 Å². The molecule has 152 valence electrons. The number of rotatable bonds is 9. The highest BCUT2D eigenvalue weighted by atomic mass is 35.5. The molecule has 0 bridgehead atoms. The fourth-order valence-corrected chi connectivity index (χ4v) is 3.01. The van der Waals surface area contributed by atoms with Crippen LogP contribution in [-0.2, 0) is 20.7 Å². The molecule has 2 rings (SSSR count). The number of esters is 1. The summed E-state index contributed by atoms with van der Waals surface area (Å²) in [6.07, 6.45) is 2.58. The second kappa shape index (κ2) is 11.0. The van der Waals surface area contributed by atoms with E-state index in [-0.39, 0.29) is 18.7 Å². The minimum absolute atomic E-state index is 0.0213. The van der Waals surface area contributed by atoms with Crippen molar-refractivity contribution in [3.63, 3.8) is 0 Å². The van der Waals surface area contributed by atoms with Crippen molar-refractivity contribution >= 4 is 29.7 Å². The van der Waals surface area contributed by atoms with Crippen molar-refractivity contribution in [2.75, 3.05) is 6.61 Å². The van der Waals surface area contributed by atoms with Crippen LogP contribution in [0.15, 0.2) is 60.3 Å². The molecule has 0 aliphatic heterocycles. The number of amides is 1. The zero-order valence-corrected chi connectivity index (χ0v) is 16.9. The lowest BCUT2D eigenvalue weighted by Gasteiger charge is -2.18.